The average molecular weight is 586 g/mol. The van der Waals surface area contributed by atoms with Crippen molar-refractivity contribution < 1.29 is 39.3 Å². The normalized spacial score (nSPS) is 13.9. The first-order valence-electron chi connectivity index (χ1n) is 12.5. The largest absolute Gasteiger partial charge is 0.508 e. The van der Waals surface area contributed by atoms with Crippen molar-refractivity contribution in [3.05, 3.63) is 65.9 Å². The number of fused-ring (bicyclic) bond motifs is 1. The third-order valence-electron chi connectivity index (χ3n) is 6.27. The summed E-state index contributed by atoms with van der Waals surface area (Å²) >= 11 is 3.96. The summed E-state index contributed by atoms with van der Waals surface area (Å²) in [5, 5.41) is 36.2. The zero-order chi connectivity index (χ0) is 30.1. The van der Waals surface area contributed by atoms with E-state index in [1.807, 2.05) is 18.2 Å². The van der Waals surface area contributed by atoms with Gasteiger partial charge in [-0.3, -0.25) is 19.2 Å². The summed E-state index contributed by atoms with van der Waals surface area (Å²) in [5.41, 5.74) is 7.70. The number of rotatable bonds is 14. The highest BCUT2D eigenvalue weighted by atomic mass is 32.1. The lowest BCUT2D eigenvalue weighted by molar-refractivity contribution is -0.141. The number of hydrogen-bond acceptors (Lipinski definition) is 8. The van der Waals surface area contributed by atoms with Gasteiger partial charge >= 0.3 is 11.9 Å². The summed E-state index contributed by atoms with van der Waals surface area (Å²) < 4.78 is 0. The molecule has 0 saturated carbocycles. The summed E-state index contributed by atoms with van der Waals surface area (Å²) in [6, 6.07) is 7.78. The smallest absolute Gasteiger partial charge is 0.327 e. The quantitative estimate of drug-likeness (QED) is 0.115. The van der Waals surface area contributed by atoms with Crippen molar-refractivity contribution in [2.24, 2.45) is 5.73 Å². The molecule has 9 N–H and O–H groups in total. The molecule has 218 valence electrons. The lowest BCUT2D eigenvalue weighted by atomic mass is 10.0. The van der Waals surface area contributed by atoms with Crippen LogP contribution in [-0.2, 0) is 36.8 Å². The molecule has 0 aliphatic heterocycles. The number of aromatic hydroxyl groups is 1. The maximum Gasteiger partial charge on any atom is 0.327 e. The van der Waals surface area contributed by atoms with Gasteiger partial charge in [-0.15, -0.1) is 0 Å². The van der Waals surface area contributed by atoms with Crippen LogP contribution in [-0.4, -0.2) is 79.9 Å². The fraction of sp³-hybridized carbons (Fsp3) is 0.296. The summed E-state index contributed by atoms with van der Waals surface area (Å²) in [5.74, 6) is -5.32. The van der Waals surface area contributed by atoms with E-state index < -0.39 is 60.2 Å². The third-order valence-corrected chi connectivity index (χ3v) is 6.63. The Labute approximate surface area is 239 Å². The molecule has 0 saturated heterocycles. The first kappa shape index (κ1) is 31.0. The zero-order valence-electron chi connectivity index (χ0n) is 21.7. The van der Waals surface area contributed by atoms with Crippen LogP contribution >= 0.6 is 12.6 Å². The van der Waals surface area contributed by atoms with Gasteiger partial charge in [0.25, 0.3) is 0 Å². The number of hydrogen-bond donors (Lipinski definition) is 9. The van der Waals surface area contributed by atoms with Crippen LogP contribution in [0.3, 0.4) is 0 Å². The summed E-state index contributed by atoms with van der Waals surface area (Å²) in [6.07, 6.45) is 0.880. The molecule has 3 amide bonds. The average Bonchev–Trinajstić information content (AvgIpc) is 3.34. The monoisotopic (exact) mass is 585 g/mol. The molecular formula is C27H31N5O8S. The van der Waals surface area contributed by atoms with Crippen molar-refractivity contribution in [1.82, 2.24) is 20.9 Å². The second-order valence-electron chi connectivity index (χ2n) is 9.34. The standard InChI is InChI=1S/C27H31N5O8S/c28-18(11-23(34)35)24(36)30-21(10-15-12-29-19-4-2-1-3-17(15)19)26(38)31-20(9-14-5-7-16(33)8-6-14)25(37)32-22(13-41)27(39)40/h1-8,12,18,20-22,29,33,41H,9-11,13,28H2,(H,30,36)(H,31,38)(H,32,37)(H,34,35)(H,39,40). The zero-order valence-corrected chi connectivity index (χ0v) is 22.6. The van der Waals surface area contributed by atoms with E-state index in [1.165, 1.54) is 24.3 Å². The van der Waals surface area contributed by atoms with E-state index in [9.17, 15) is 34.2 Å². The number of carbonyl (C=O) groups excluding carboxylic acids is 3. The van der Waals surface area contributed by atoms with Crippen LogP contribution in [0.5, 0.6) is 5.75 Å². The molecule has 13 nitrogen and oxygen atoms in total. The number of benzene rings is 2. The fourth-order valence-corrected chi connectivity index (χ4v) is 4.34. The van der Waals surface area contributed by atoms with Crippen molar-refractivity contribution >= 4 is 53.2 Å². The number of carbonyl (C=O) groups is 5. The minimum absolute atomic E-state index is 0.0148. The van der Waals surface area contributed by atoms with Gasteiger partial charge in [0, 0.05) is 35.7 Å². The molecule has 3 rings (SSSR count). The van der Waals surface area contributed by atoms with Gasteiger partial charge in [-0.25, -0.2) is 4.79 Å². The molecule has 0 aliphatic carbocycles. The number of para-hydroxylation sites is 1. The molecule has 4 unspecified atom stereocenters. The van der Waals surface area contributed by atoms with E-state index in [2.05, 4.69) is 33.6 Å². The first-order valence-corrected chi connectivity index (χ1v) is 13.2. The number of carboxylic acids is 2. The number of phenols is 1. The minimum atomic E-state index is -1.44. The Balaban J connectivity index is 1.90. The molecular weight excluding hydrogens is 554 g/mol. The van der Waals surface area contributed by atoms with Crippen molar-refractivity contribution in [3.63, 3.8) is 0 Å². The Morgan fingerprint density at radius 2 is 1.41 bits per heavy atom. The fourth-order valence-electron chi connectivity index (χ4n) is 4.10. The number of H-pyrrole nitrogens is 1. The van der Waals surface area contributed by atoms with Crippen LogP contribution in [0.1, 0.15) is 17.5 Å². The van der Waals surface area contributed by atoms with E-state index >= 15 is 0 Å². The molecule has 41 heavy (non-hydrogen) atoms. The lowest BCUT2D eigenvalue weighted by Crippen LogP contribution is -2.58. The number of nitrogens with two attached hydrogens (primary N) is 1. The highest BCUT2D eigenvalue weighted by Gasteiger charge is 2.31. The van der Waals surface area contributed by atoms with Crippen LogP contribution in [0.25, 0.3) is 10.9 Å². The van der Waals surface area contributed by atoms with Gasteiger partial charge in [0.1, 0.15) is 23.9 Å². The molecule has 4 atom stereocenters. The number of aliphatic carboxylic acids is 2. The second-order valence-corrected chi connectivity index (χ2v) is 9.71. The number of thiol groups is 1. The van der Waals surface area contributed by atoms with Gasteiger partial charge in [0.05, 0.1) is 12.5 Å². The number of aromatic amines is 1. The van der Waals surface area contributed by atoms with Crippen molar-refractivity contribution in [2.45, 2.75) is 43.4 Å². The van der Waals surface area contributed by atoms with Crippen LogP contribution in [0.2, 0.25) is 0 Å². The Hall–Kier alpha value is -4.56. The van der Waals surface area contributed by atoms with Crippen molar-refractivity contribution in [1.29, 1.82) is 0 Å². The van der Waals surface area contributed by atoms with Crippen molar-refractivity contribution in [3.8, 4) is 5.75 Å². The molecule has 3 aromatic rings. The van der Waals surface area contributed by atoms with E-state index in [0.29, 0.717) is 11.1 Å². The lowest BCUT2D eigenvalue weighted by Gasteiger charge is -2.25. The van der Waals surface area contributed by atoms with E-state index in [1.54, 1.807) is 12.3 Å². The van der Waals surface area contributed by atoms with Crippen molar-refractivity contribution in [2.75, 3.05) is 5.75 Å². The number of carboxylic acid groups (broad SMARTS) is 2. The van der Waals surface area contributed by atoms with Gasteiger partial charge < -0.3 is 42.0 Å². The topological polar surface area (TPSA) is 224 Å². The van der Waals surface area contributed by atoms with E-state index in [4.69, 9.17) is 10.8 Å². The van der Waals surface area contributed by atoms with E-state index in [0.717, 1.165) is 10.9 Å². The number of aromatic nitrogens is 1. The minimum Gasteiger partial charge on any atom is -0.508 e. The number of amides is 3. The molecule has 0 fully saturated rings. The molecule has 1 aromatic heterocycles. The maximum absolute atomic E-state index is 13.6. The number of phenolic OH excluding ortho intramolecular Hbond substituents is 1. The third kappa shape index (κ3) is 8.71. The van der Waals surface area contributed by atoms with Crippen LogP contribution in [0.4, 0.5) is 0 Å². The van der Waals surface area contributed by atoms with E-state index in [-0.39, 0.29) is 24.3 Å². The first-order chi connectivity index (χ1) is 19.5. The Bertz CT molecular complexity index is 1410. The highest BCUT2D eigenvalue weighted by molar-refractivity contribution is 7.80. The van der Waals surface area contributed by atoms with Gasteiger partial charge in [-0.05, 0) is 29.3 Å². The maximum atomic E-state index is 13.6. The van der Waals surface area contributed by atoms with Crippen LogP contribution in [0, 0.1) is 0 Å². The Morgan fingerprint density at radius 1 is 0.829 bits per heavy atom. The molecule has 0 radical (unpaired) electrons. The highest BCUT2D eigenvalue weighted by Crippen LogP contribution is 2.19. The molecule has 14 heteroatoms. The summed E-state index contributed by atoms with van der Waals surface area (Å²) in [7, 11) is 0. The second kappa shape index (κ2) is 14.2. The molecule has 0 spiro atoms. The molecule has 1 heterocycles. The summed E-state index contributed by atoms with van der Waals surface area (Å²) in [6.45, 7) is 0. The van der Waals surface area contributed by atoms with Gasteiger partial charge in [-0.2, -0.15) is 12.6 Å². The summed E-state index contributed by atoms with van der Waals surface area (Å²) in [4.78, 5) is 65.1. The van der Waals surface area contributed by atoms with Gasteiger partial charge in [0.2, 0.25) is 17.7 Å². The number of nitrogens with one attached hydrogen (secondary N) is 4. The Morgan fingerprint density at radius 3 is 2.02 bits per heavy atom. The Kier molecular flexibility index (Phi) is 10.7. The molecule has 0 bridgehead atoms. The SMILES string of the molecule is NC(CC(=O)O)C(=O)NC(Cc1c[nH]c2ccccc12)C(=O)NC(Cc1ccc(O)cc1)C(=O)NC(CS)C(=O)O. The van der Waals surface area contributed by atoms with Crippen LogP contribution in [0.15, 0.2) is 54.7 Å². The van der Waals surface area contributed by atoms with Gasteiger partial charge in [-0.1, -0.05) is 30.3 Å². The van der Waals surface area contributed by atoms with Gasteiger partial charge in [0.15, 0.2) is 0 Å². The predicted octanol–water partition coefficient (Wildman–Crippen LogP) is -0.0705. The van der Waals surface area contributed by atoms with Crippen LogP contribution < -0.4 is 21.7 Å². The predicted molar refractivity (Wildman–Crippen MR) is 151 cm³/mol. The molecule has 0 aliphatic rings. The molecule has 2 aromatic carbocycles.